The zero-order valence-electron chi connectivity index (χ0n) is 13.9. The van der Waals surface area contributed by atoms with E-state index in [4.69, 9.17) is 17.7 Å². The van der Waals surface area contributed by atoms with E-state index < -0.39 is 15.6 Å². The van der Waals surface area contributed by atoms with Crippen molar-refractivity contribution in [1.29, 1.82) is 0 Å². The Morgan fingerprint density at radius 1 is 0.889 bits per heavy atom. The Kier molecular flexibility index (Phi) is 7.06. The van der Waals surface area contributed by atoms with Gasteiger partial charge in [-0.2, -0.15) is 13.2 Å². The van der Waals surface area contributed by atoms with E-state index in [0.29, 0.717) is 0 Å². The number of benzene rings is 3. The second kappa shape index (κ2) is 8.89. The molecule has 0 saturated heterocycles. The number of ether oxygens (including phenoxy) is 1. The Morgan fingerprint density at radius 2 is 1.41 bits per heavy atom. The number of hydrogen-bond acceptors (Lipinski definition) is 4. The Morgan fingerprint density at radius 3 is 1.93 bits per heavy atom. The van der Waals surface area contributed by atoms with Crippen LogP contribution in [0.4, 0.5) is 13.2 Å². The molecule has 3 aromatic carbocycles. The highest BCUT2D eigenvalue weighted by Crippen LogP contribution is 2.20. The van der Waals surface area contributed by atoms with Gasteiger partial charge in [-0.1, -0.05) is 24.3 Å². The monoisotopic (exact) mass is 510 g/mol. The molecule has 0 aliphatic carbocycles. The number of hydrogen-bond donors (Lipinski definition) is 0. The molecule has 3 aromatic rings. The lowest BCUT2D eigenvalue weighted by Crippen LogP contribution is -3.61. The van der Waals surface area contributed by atoms with Crippen molar-refractivity contribution in [2.45, 2.75) is 5.51 Å². The minimum Gasteiger partial charge on any atom is -0.741 e. The van der Waals surface area contributed by atoms with Crippen LogP contribution >= 0.6 is 0 Å². The maximum absolute atomic E-state index is 10.7. The van der Waals surface area contributed by atoms with Gasteiger partial charge in [0.2, 0.25) is 0 Å². The molecule has 0 N–H and O–H groups in total. The van der Waals surface area contributed by atoms with Crippen LogP contribution in [0.15, 0.2) is 66.7 Å². The van der Waals surface area contributed by atoms with Gasteiger partial charge < -0.3 is 9.29 Å². The van der Waals surface area contributed by atoms with Crippen LogP contribution in [0.3, 0.4) is 0 Å². The summed E-state index contributed by atoms with van der Waals surface area (Å²) in [7, 11) is -4.39. The highest BCUT2D eigenvalue weighted by atomic mass is 127. The summed E-state index contributed by atoms with van der Waals surface area (Å²) in [5, 5.41) is 2.64. The first kappa shape index (κ1) is 21.5. The van der Waals surface area contributed by atoms with Crippen molar-refractivity contribution in [3.05, 3.63) is 73.9 Å². The molecule has 0 aliphatic rings. The third kappa shape index (κ3) is 6.36. The first-order valence-electron chi connectivity index (χ1n) is 7.40. The van der Waals surface area contributed by atoms with Crippen LogP contribution < -0.4 is 25.9 Å². The molecule has 4 nitrogen and oxygen atoms in total. The van der Waals surface area contributed by atoms with Crippen molar-refractivity contribution in [1.82, 2.24) is 0 Å². The average Bonchev–Trinajstić information content (AvgIpc) is 2.61. The predicted octanol–water partition coefficient (Wildman–Crippen LogP) is 1.03. The Hall–Kier alpha value is -1.85. The molecule has 0 unspecified atom stereocenters. The molecule has 0 spiro atoms. The smallest absolute Gasteiger partial charge is 0.485 e. The largest absolute Gasteiger partial charge is 0.741 e. The van der Waals surface area contributed by atoms with Gasteiger partial charge in [0.25, 0.3) is 0 Å². The van der Waals surface area contributed by atoms with Gasteiger partial charge in [-0.3, -0.25) is 0 Å². The van der Waals surface area contributed by atoms with E-state index >= 15 is 0 Å². The zero-order chi connectivity index (χ0) is 20.1. The van der Waals surface area contributed by atoms with Crippen LogP contribution in [0.1, 0.15) is 0 Å². The molecule has 0 fully saturated rings. The van der Waals surface area contributed by atoms with Crippen molar-refractivity contribution in [3.8, 4) is 5.75 Å². The molecular formula is C18H14F3IO4S. The van der Waals surface area contributed by atoms with Crippen molar-refractivity contribution in [2.24, 2.45) is 0 Å². The van der Waals surface area contributed by atoms with Crippen LogP contribution in [0.5, 0.6) is 5.75 Å². The standard InChI is InChI=1S/C17H14IO.CHF3O3S/c1-19-17-10-8-15(9-11-17)18-16-7-6-13-4-2-3-5-14(13)12-16;2-1(3,4)8(5,6)7/h2-12H,1H3;(H,5,6,7)/q+1;/p-1. The number of methoxy groups -OCH3 is 1. The van der Waals surface area contributed by atoms with Crippen molar-refractivity contribution >= 4 is 20.9 Å². The van der Waals surface area contributed by atoms with Gasteiger partial charge in [-0.25, -0.2) is 8.42 Å². The van der Waals surface area contributed by atoms with Gasteiger partial charge in [0.15, 0.2) is 17.3 Å². The lowest BCUT2D eigenvalue weighted by Gasteiger charge is -2.08. The zero-order valence-corrected chi connectivity index (χ0v) is 16.9. The first-order valence-corrected chi connectivity index (χ1v) is 11.0. The summed E-state index contributed by atoms with van der Waals surface area (Å²) in [6.45, 7) is 0. The normalized spacial score (nSPS) is 11.6. The van der Waals surface area contributed by atoms with Crippen LogP contribution in [0.25, 0.3) is 10.8 Å². The summed E-state index contributed by atoms with van der Waals surface area (Å²) in [5.41, 5.74) is -5.65. The summed E-state index contributed by atoms with van der Waals surface area (Å²) in [4.78, 5) is 0. The summed E-state index contributed by atoms with van der Waals surface area (Å²) in [6.07, 6.45) is 0. The molecule has 0 radical (unpaired) electrons. The molecule has 3 rings (SSSR count). The molecule has 0 heterocycles. The molecule has 0 bridgehead atoms. The van der Waals surface area contributed by atoms with E-state index in [2.05, 4.69) is 54.6 Å². The molecular weight excluding hydrogens is 496 g/mol. The lowest BCUT2D eigenvalue weighted by molar-refractivity contribution is -0.597. The molecule has 144 valence electrons. The summed E-state index contributed by atoms with van der Waals surface area (Å²) >= 11 is -0.120. The Labute approximate surface area is 165 Å². The van der Waals surface area contributed by atoms with E-state index in [1.54, 1.807) is 7.11 Å². The van der Waals surface area contributed by atoms with E-state index in [1.165, 1.54) is 17.9 Å². The quantitative estimate of drug-likeness (QED) is 0.300. The molecule has 0 atom stereocenters. The van der Waals surface area contributed by atoms with Crippen molar-refractivity contribution in [2.75, 3.05) is 7.11 Å². The maximum Gasteiger partial charge on any atom is 0.485 e. The van der Waals surface area contributed by atoms with E-state index in [-0.39, 0.29) is 21.2 Å². The molecule has 0 saturated carbocycles. The summed E-state index contributed by atoms with van der Waals surface area (Å²) < 4.78 is 67.0. The number of halogens is 4. The topological polar surface area (TPSA) is 66.4 Å². The van der Waals surface area contributed by atoms with E-state index in [9.17, 15) is 13.2 Å². The molecule has 0 aliphatic heterocycles. The van der Waals surface area contributed by atoms with Crippen LogP contribution in [0.2, 0.25) is 0 Å². The second-order valence-corrected chi connectivity index (χ2v) is 9.55. The fraction of sp³-hybridized carbons (Fsp3) is 0.111. The highest BCUT2D eigenvalue weighted by Gasteiger charge is 2.36. The highest BCUT2D eigenvalue weighted by molar-refractivity contribution is 7.86. The van der Waals surface area contributed by atoms with Crippen molar-refractivity contribution in [3.63, 3.8) is 0 Å². The van der Waals surface area contributed by atoms with E-state index in [1.807, 2.05) is 12.1 Å². The SMILES string of the molecule is COc1ccc([I+]c2ccc3ccccc3c2)cc1.O=S(=O)([O-])C(F)(F)F. The fourth-order valence-electron chi connectivity index (χ4n) is 1.98. The van der Waals surface area contributed by atoms with Gasteiger partial charge in [0, 0.05) is 0 Å². The predicted molar refractivity (Wildman–Crippen MR) is 90.1 cm³/mol. The van der Waals surface area contributed by atoms with Crippen LogP contribution in [-0.2, 0) is 10.1 Å². The number of rotatable bonds is 3. The van der Waals surface area contributed by atoms with Gasteiger partial charge in [0.1, 0.15) is 5.75 Å². The minimum atomic E-state index is -6.09. The third-order valence-corrected chi connectivity index (χ3v) is 6.47. The number of fused-ring (bicyclic) bond motifs is 1. The fourth-order valence-corrected chi connectivity index (χ4v) is 4.27. The maximum atomic E-state index is 10.7. The minimum absolute atomic E-state index is 0.120. The Bertz CT molecular complexity index is 1000. The Balaban J connectivity index is 0.000000279. The van der Waals surface area contributed by atoms with E-state index in [0.717, 1.165) is 5.75 Å². The average molecular weight is 510 g/mol. The van der Waals surface area contributed by atoms with Crippen molar-refractivity contribution < 1.29 is 52.1 Å². The van der Waals surface area contributed by atoms with Crippen LogP contribution in [0, 0.1) is 7.14 Å². The van der Waals surface area contributed by atoms with Crippen LogP contribution in [-0.4, -0.2) is 25.6 Å². The molecule has 0 aromatic heterocycles. The molecule has 27 heavy (non-hydrogen) atoms. The summed E-state index contributed by atoms with van der Waals surface area (Å²) in [6, 6.07) is 23.7. The van der Waals surface area contributed by atoms with Gasteiger partial charge >= 0.3 is 26.7 Å². The first-order chi connectivity index (χ1) is 12.6. The molecule has 9 heteroatoms. The van der Waals surface area contributed by atoms with Gasteiger partial charge in [-0.05, 0) is 53.2 Å². The molecule has 0 amide bonds. The number of alkyl halides is 3. The summed E-state index contributed by atoms with van der Waals surface area (Å²) in [5.74, 6) is 0.922. The lowest BCUT2D eigenvalue weighted by atomic mass is 10.1. The second-order valence-electron chi connectivity index (χ2n) is 5.14. The van der Waals surface area contributed by atoms with Gasteiger partial charge in [-0.15, -0.1) is 0 Å². The van der Waals surface area contributed by atoms with Gasteiger partial charge in [0.05, 0.1) is 7.11 Å². The third-order valence-electron chi connectivity index (χ3n) is 3.26.